The van der Waals surface area contributed by atoms with Gasteiger partial charge >= 0.3 is 0 Å². The van der Waals surface area contributed by atoms with Gasteiger partial charge in [0.2, 0.25) is 5.91 Å². The first-order valence-electron chi connectivity index (χ1n) is 5.21. The summed E-state index contributed by atoms with van der Waals surface area (Å²) in [7, 11) is 0. The van der Waals surface area contributed by atoms with Gasteiger partial charge in [-0.1, -0.05) is 6.92 Å². The SMILES string of the molecule is CC(CCO)SCCCC(C)(N)C(N)=O. The van der Waals surface area contributed by atoms with E-state index in [0.717, 1.165) is 18.6 Å². The van der Waals surface area contributed by atoms with Crippen molar-refractivity contribution in [1.82, 2.24) is 0 Å². The lowest BCUT2D eigenvalue weighted by molar-refractivity contribution is -0.122. The molecule has 0 radical (unpaired) electrons. The predicted octanol–water partition coefficient (Wildman–Crippen LogP) is 0.473. The second-order valence-electron chi connectivity index (χ2n) is 4.08. The van der Waals surface area contributed by atoms with Crippen molar-refractivity contribution in [2.24, 2.45) is 11.5 Å². The number of primary amides is 1. The molecule has 2 unspecified atom stereocenters. The van der Waals surface area contributed by atoms with Crippen LogP contribution in [0.25, 0.3) is 0 Å². The molecule has 2 atom stereocenters. The molecule has 5 N–H and O–H groups in total. The fourth-order valence-electron chi connectivity index (χ4n) is 1.11. The summed E-state index contributed by atoms with van der Waals surface area (Å²) in [5, 5.41) is 9.15. The van der Waals surface area contributed by atoms with Crippen LogP contribution in [0.2, 0.25) is 0 Å². The highest BCUT2D eigenvalue weighted by molar-refractivity contribution is 7.99. The van der Waals surface area contributed by atoms with Crippen LogP contribution in [0.5, 0.6) is 0 Å². The molecule has 0 saturated heterocycles. The number of carbonyl (C=O) groups is 1. The summed E-state index contributed by atoms with van der Waals surface area (Å²) in [5.74, 6) is 0.497. The molecule has 0 aromatic rings. The van der Waals surface area contributed by atoms with Gasteiger partial charge in [0.25, 0.3) is 0 Å². The molecule has 0 aliphatic carbocycles. The van der Waals surface area contributed by atoms with Crippen molar-refractivity contribution in [3.05, 3.63) is 0 Å². The minimum absolute atomic E-state index is 0.226. The van der Waals surface area contributed by atoms with Gasteiger partial charge in [0.1, 0.15) is 0 Å². The van der Waals surface area contributed by atoms with Crippen molar-refractivity contribution in [2.75, 3.05) is 12.4 Å². The van der Waals surface area contributed by atoms with Gasteiger partial charge in [-0.15, -0.1) is 0 Å². The van der Waals surface area contributed by atoms with E-state index in [4.69, 9.17) is 16.6 Å². The van der Waals surface area contributed by atoms with E-state index in [9.17, 15) is 4.79 Å². The summed E-state index contributed by atoms with van der Waals surface area (Å²) in [4.78, 5) is 10.9. The Balaban J connectivity index is 3.58. The molecule has 0 rings (SSSR count). The quantitative estimate of drug-likeness (QED) is 0.533. The molecular weight excluding hydrogens is 212 g/mol. The highest BCUT2D eigenvalue weighted by Crippen LogP contribution is 2.17. The van der Waals surface area contributed by atoms with Crippen LogP contribution in [0, 0.1) is 0 Å². The number of aliphatic hydroxyl groups excluding tert-OH is 1. The molecule has 0 spiro atoms. The van der Waals surface area contributed by atoms with Crippen LogP contribution in [-0.4, -0.2) is 34.2 Å². The van der Waals surface area contributed by atoms with Gasteiger partial charge < -0.3 is 16.6 Å². The molecule has 90 valence electrons. The van der Waals surface area contributed by atoms with E-state index in [1.165, 1.54) is 0 Å². The summed E-state index contributed by atoms with van der Waals surface area (Å²) >= 11 is 1.79. The Morgan fingerprint density at radius 1 is 1.60 bits per heavy atom. The monoisotopic (exact) mass is 234 g/mol. The van der Waals surface area contributed by atoms with Gasteiger partial charge in [0.15, 0.2) is 0 Å². The topological polar surface area (TPSA) is 89.3 Å². The third kappa shape index (κ3) is 6.76. The molecule has 0 aromatic heterocycles. The molecular formula is C10H22N2O2S. The van der Waals surface area contributed by atoms with E-state index < -0.39 is 11.4 Å². The highest BCUT2D eigenvalue weighted by atomic mass is 32.2. The Hall–Kier alpha value is -0.260. The number of hydrogen-bond acceptors (Lipinski definition) is 4. The summed E-state index contributed by atoms with van der Waals surface area (Å²) in [6.45, 7) is 3.97. The van der Waals surface area contributed by atoms with Gasteiger partial charge in [-0.05, 0) is 31.9 Å². The van der Waals surface area contributed by atoms with Crippen LogP contribution in [0.15, 0.2) is 0 Å². The van der Waals surface area contributed by atoms with Gasteiger partial charge in [-0.3, -0.25) is 4.79 Å². The fourth-order valence-corrected chi connectivity index (χ4v) is 2.10. The van der Waals surface area contributed by atoms with E-state index in [1.54, 1.807) is 18.7 Å². The molecule has 0 saturated carbocycles. The number of carbonyl (C=O) groups excluding carboxylic acids is 1. The second kappa shape index (κ2) is 7.09. The molecule has 5 heteroatoms. The standard InChI is InChI=1S/C10H22N2O2S/c1-8(4-6-13)15-7-3-5-10(2,12)9(11)14/h8,13H,3-7,12H2,1-2H3,(H2,11,14). The van der Waals surface area contributed by atoms with Crippen molar-refractivity contribution in [2.45, 2.75) is 43.9 Å². The van der Waals surface area contributed by atoms with Crippen molar-refractivity contribution in [3.63, 3.8) is 0 Å². The lowest BCUT2D eigenvalue weighted by atomic mass is 9.97. The van der Waals surface area contributed by atoms with Gasteiger partial charge in [-0.2, -0.15) is 11.8 Å². The van der Waals surface area contributed by atoms with E-state index in [0.29, 0.717) is 11.7 Å². The Labute approximate surface area is 95.8 Å². The molecule has 0 aliphatic heterocycles. The largest absolute Gasteiger partial charge is 0.396 e. The lowest BCUT2D eigenvalue weighted by Gasteiger charge is -2.20. The minimum Gasteiger partial charge on any atom is -0.396 e. The smallest absolute Gasteiger partial charge is 0.237 e. The fraction of sp³-hybridized carbons (Fsp3) is 0.900. The Kier molecular flexibility index (Phi) is 6.96. The van der Waals surface area contributed by atoms with Crippen LogP contribution in [0.4, 0.5) is 0 Å². The number of rotatable bonds is 8. The lowest BCUT2D eigenvalue weighted by Crippen LogP contribution is -2.49. The average Bonchev–Trinajstić information content (AvgIpc) is 2.13. The summed E-state index contributed by atoms with van der Waals surface area (Å²) in [5.41, 5.74) is 9.98. The summed E-state index contributed by atoms with van der Waals surface area (Å²) in [6, 6.07) is 0. The van der Waals surface area contributed by atoms with E-state index in [-0.39, 0.29) is 6.61 Å². The third-order valence-electron chi connectivity index (χ3n) is 2.34. The van der Waals surface area contributed by atoms with E-state index >= 15 is 0 Å². The van der Waals surface area contributed by atoms with Crippen LogP contribution >= 0.6 is 11.8 Å². The van der Waals surface area contributed by atoms with E-state index in [2.05, 4.69) is 6.92 Å². The molecule has 0 bridgehead atoms. The number of thioether (sulfide) groups is 1. The molecule has 0 aromatic carbocycles. The van der Waals surface area contributed by atoms with Crippen molar-refractivity contribution >= 4 is 17.7 Å². The first kappa shape index (κ1) is 14.7. The molecule has 0 aliphatic rings. The predicted molar refractivity (Wildman–Crippen MR) is 64.6 cm³/mol. The molecule has 1 amide bonds. The number of nitrogens with two attached hydrogens (primary N) is 2. The normalized spacial score (nSPS) is 17.1. The summed E-state index contributed by atoms with van der Waals surface area (Å²) < 4.78 is 0. The number of aliphatic hydroxyl groups is 1. The molecule has 15 heavy (non-hydrogen) atoms. The van der Waals surface area contributed by atoms with Gasteiger partial charge in [0.05, 0.1) is 5.54 Å². The van der Waals surface area contributed by atoms with Gasteiger partial charge in [-0.25, -0.2) is 0 Å². The zero-order valence-electron chi connectivity index (χ0n) is 9.53. The van der Waals surface area contributed by atoms with Crippen LogP contribution in [0.1, 0.15) is 33.1 Å². The molecule has 0 fully saturated rings. The maximum Gasteiger partial charge on any atom is 0.237 e. The minimum atomic E-state index is -0.888. The van der Waals surface area contributed by atoms with Crippen LogP contribution in [-0.2, 0) is 4.79 Å². The molecule has 4 nitrogen and oxygen atoms in total. The van der Waals surface area contributed by atoms with Gasteiger partial charge in [0, 0.05) is 11.9 Å². The first-order chi connectivity index (χ1) is 6.90. The first-order valence-corrected chi connectivity index (χ1v) is 6.26. The summed E-state index contributed by atoms with van der Waals surface area (Å²) in [6.07, 6.45) is 2.29. The number of amides is 1. The van der Waals surface area contributed by atoms with E-state index in [1.807, 2.05) is 0 Å². The maximum absolute atomic E-state index is 10.9. The van der Waals surface area contributed by atoms with Crippen molar-refractivity contribution in [3.8, 4) is 0 Å². The third-order valence-corrected chi connectivity index (χ3v) is 3.67. The maximum atomic E-state index is 10.9. The van der Waals surface area contributed by atoms with Crippen molar-refractivity contribution < 1.29 is 9.90 Å². The van der Waals surface area contributed by atoms with Crippen LogP contribution in [0.3, 0.4) is 0 Å². The Morgan fingerprint density at radius 3 is 2.67 bits per heavy atom. The van der Waals surface area contributed by atoms with Crippen LogP contribution < -0.4 is 11.5 Å². The zero-order chi connectivity index (χ0) is 11.9. The second-order valence-corrected chi connectivity index (χ2v) is 5.63. The highest BCUT2D eigenvalue weighted by Gasteiger charge is 2.24. The number of hydrogen-bond donors (Lipinski definition) is 3. The van der Waals surface area contributed by atoms with Crippen molar-refractivity contribution in [1.29, 1.82) is 0 Å². The zero-order valence-corrected chi connectivity index (χ0v) is 10.3. The Bertz CT molecular complexity index is 198. The Morgan fingerprint density at radius 2 is 2.20 bits per heavy atom. The molecule has 0 heterocycles. The average molecular weight is 234 g/mol.